The molecule has 0 unspecified atom stereocenters. The molecule has 0 radical (unpaired) electrons. The summed E-state index contributed by atoms with van der Waals surface area (Å²) >= 11 is 0. The first kappa shape index (κ1) is 17.5. The molecule has 0 amide bonds. The van der Waals surface area contributed by atoms with Crippen LogP contribution in [-0.4, -0.2) is 0 Å². The van der Waals surface area contributed by atoms with Crippen LogP contribution in [0.15, 0.2) is 198 Å². The molecule has 0 atom stereocenters. The molecule has 1 heterocycles. The number of anilines is 3. The Labute approximate surface area is 327 Å². The van der Waals surface area contributed by atoms with Crippen molar-refractivity contribution in [3.8, 4) is 33.4 Å². The van der Waals surface area contributed by atoms with Gasteiger partial charge in [0.05, 0.1) is 19.2 Å². The van der Waals surface area contributed by atoms with Gasteiger partial charge in [0.15, 0.2) is 0 Å². The monoisotopic (exact) mass is 682 g/mol. The van der Waals surface area contributed by atoms with Gasteiger partial charge in [-0.2, -0.15) is 0 Å². The van der Waals surface area contributed by atoms with Crippen molar-refractivity contribution in [3.63, 3.8) is 0 Å². The minimum absolute atomic E-state index is 0.164. The summed E-state index contributed by atoms with van der Waals surface area (Å²) in [4.78, 5) is 1.59. The van der Waals surface area contributed by atoms with Crippen LogP contribution in [-0.2, 0) is 5.41 Å². The number of furan rings is 1. The van der Waals surface area contributed by atoms with E-state index in [0.717, 1.165) is 22.3 Å². The van der Waals surface area contributed by atoms with Crippen LogP contribution in [0.4, 0.5) is 17.1 Å². The van der Waals surface area contributed by atoms with Gasteiger partial charge in [0.2, 0.25) is 0 Å². The third-order valence-electron chi connectivity index (χ3n) is 9.49. The molecule has 0 spiro atoms. The summed E-state index contributed by atoms with van der Waals surface area (Å²) in [6, 6.07) is 22.5. The maximum Gasteiger partial charge on any atom is 0.139 e. The summed E-state index contributed by atoms with van der Waals surface area (Å²) in [5.74, 6) is 0. The zero-order valence-electron chi connectivity index (χ0n) is 44.2. The second-order valence-electron chi connectivity index (χ2n) is 12.4. The first-order valence-corrected chi connectivity index (χ1v) is 16.5. The molecule has 10 rings (SSSR count). The number of rotatable bonds is 6. The van der Waals surface area contributed by atoms with E-state index in [0.29, 0.717) is 11.4 Å². The lowest BCUT2D eigenvalue weighted by atomic mass is 9.74. The molecule has 1 aliphatic rings. The van der Waals surface area contributed by atoms with Crippen LogP contribution >= 0.6 is 0 Å². The van der Waals surface area contributed by atoms with Gasteiger partial charge in [-0.1, -0.05) is 151 Å². The highest BCUT2D eigenvalue weighted by Crippen LogP contribution is 2.54. The molecule has 0 saturated carbocycles. The highest BCUT2D eigenvalue weighted by Gasteiger charge is 2.42. The lowest BCUT2D eigenvalue weighted by molar-refractivity contribution is 0.638. The Kier molecular flexibility index (Phi) is 4.05. The maximum atomic E-state index is 9.98. The zero-order chi connectivity index (χ0) is 49.3. The standard InChI is InChI=1S/C50H35NO/c1-50(45-20-10-8-17-41(45)42-18-9-11-21-46(42)50)47-22-12-19-43-44-33-40(31-32-48(44)52-49(43)47)51(38-27-23-36(24-28-38)34-13-4-2-5-14-34)39-29-25-37(26-30-39)35-15-6-3-7-16-35/h2-33H,1H3/i1D3,8D,9D,10D,11D,12D,17D,18D,19D,20D,21D,22D,31D,32D,33D. The van der Waals surface area contributed by atoms with Gasteiger partial charge in [0, 0.05) is 42.9 Å². The van der Waals surface area contributed by atoms with Gasteiger partial charge in [0.1, 0.15) is 11.2 Å². The molecule has 1 aliphatic carbocycles. The second kappa shape index (κ2) is 12.0. The Morgan fingerprint density at radius 3 is 1.56 bits per heavy atom. The maximum absolute atomic E-state index is 9.98. The average molecular weight is 683 g/mol. The fourth-order valence-electron chi connectivity index (χ4n) is 7.00. The molecule has 0 aliphatic heterocycles. The van der Waals surface area contributed by atoms with Crippen molar-refractivity contribution in [3.05, 3.63) is 210 Å². The molecule has 52 heavy (non-hydrogen) atoms. The van der Waals surface area contributed by atoms with E-state index < -0.39 is 141 Å². The largest absolute Gasteiger partial charge is 0.456 e. The van der Waals surface area contributed by atoms with Crippen molar-refractivity contribution in [2.24, 2.45) is 0 Å². The quantitative estimate of drug-likeness (QED) is 0.174. The summed E-state index contributed by atoms with van der Waals surface area (Å²) < 4.78 is 163. The number of nitrogens with zero attached hydrogens (tertiary/aromatic N) is 1. The van der Waals surface area contributed by atoms with Crippen molar-refractivity contribution < 1.29 is 27.7 Å². The van der Waals surface area contributed by atoms with E-state index in [1.54, 1.807) is 29.2 Å². The number of benzene rings is 8. The van der Waals surface area contributed by atoms with Gasteiger partial charge in [-0.3, -0.25) is 0 Å². The summed E-state index contributed by atoms with van der Waals surface area (Å²) in [5, 5.41) is -0.739. The average Bonchev–Trinajstić information content (AvgIpc) is 3.91. The number of para-hydroxylation sites is 1. The van der Waals surface area contributed by atoms with E-state index in [1.165, 1.54) is 0 Å². The summed E-state index contributed by atoms with van der Waals surface area (Å²) in [6.07, 6.45) is 0. The Morgan fingerprint density at radius 1 is 0.481 bits per heavy atom. The number of hydrogen-bond acceptors (Lipinski definition) is 2. The van der Waals surface area contributed by atoms with Crippen molar-refractivity contribution in [1.82, 2.24) is 0 Å². The summed E-state index contributed by atoms with van der Waals surface area (Å²) in [5.41, 5.74) is -3.31. The Morgan fingerprint density at radius 2 is 1.00 bits per heavy atom. The first-order valence-electron chi connectivity index (χ1n) is 25.0. The van der Waals surface area contributed by atoms with E-state index in [2.05, 4.69) is 0 Å². The number of fused-ring (bicyclic) bond motifs is 6. The lowest BCUT2D eigenvalue weighted by Gasteiger charge is -2.28. The normalized spacial score (nSPS) is 17.7. The van der Waals surface area contributed by atoms with E-state index in [4.69, 9.17) is 12.6 Å². The van der Waals surface area contributed by atoms with Gasteiger partial charge in [-0.05, 0) is 93.8 Å². The van der Waals surface area contributed by atoms with Crippen molar-refractivity contribution in [2.45, 2.75) is 12.3 Å². The van der Waals surface area contributed by atoms with Gasteiger partial charge >= 0.3 is 0 Å². The molecular formula is C50H35NO. The molecule has 1 aromatic heterocycles. The van der Waals surface area contributed by atoms with Crippen LogP contribution in [0, 0.1) is 0 Å². The molecule has 9 aromatic rings. The topological polar surface area (TPSA) is 16.4 Å². The third kappa shape index (κ3) is 4.72. The SMILES string of the molecule is [2H]c1c([2H])c([2H])c2c(c1[2H])-c1c([2H])c([2H])c([2H])c([2H])c1C2(c1c([2H])c([2H])c([2H])c2c1oc1c([2H])c([2H])c(N(c3ccc(-c4ccccc4)cc3)c3ccc(-c4ccccc4)cc3)c([2H])c12)C([2H])([2H])[2H]. The fourth-order valence-corrected chi connectivity index (χ4v) is 7.00. The van der Waals surface area contributed by atoms with Crippen molar-refractivity contribution >= 4 is 39.0 Å². The molecule has 0 saturated heterocycles. The van der Waals surface area contributed by atoms with Gasteiger partial charge < -0.3 is 9.32 Å². The minimum Gasteiger partial charge on any atom is -0.456 e. The zero-order valence-corrected chi connectivity index (χ0v) is 27.2. The van der Waals surface area contributed by atoms with Crippen LogP contribution in [0.5, 0.6) is 0 Å². The van der Waals surface area contributed by atoms with E-state index in [1.807, 2.05) is 84.9 Å². The van der Waals surface area contributed by atoms with Crippen molar-refractivity contribution in [1.29, 1.82) is 0 Å². The molecular weight excluding hydrogens is 631 g/mol. The van der Waals surface area contributed by atoms with E-state index in [-0.39, 0.29) is 11.1 Å². The predicted octanol–water partition coefficient (Wildman–Crippen LogP) is 13.7. The fraction of sp³-hybridized carbons (Fsp3) is 0.0400. The highest BCUT2D eigenvalue weighted by molar-refractivity contribution is 6.08. The molecule has 0 fully saturated rings. The molecule has 0 N–H and O–H groups in total. The van der Waals surface area contributed by atoms with Crippen LogP contribution in [0.3, 0.4) is 0 Å². The Bertz CT molecular complexity index is 3480. The molecule has 246 valence electrons. The Balaban J connectivity index is 1.33. The highest BCUT2D eigenvalue weighted by atomic mass is 16.3. The van der Waals surface area contributed by atoms with Crippen LogP contribution in [0.2, 0.25) is 0 Å². The first-order chi connectivity index (χ1) is 32.7. The van der Waals surface area contributed by atoms with Gasteiger partial charge in [-0.25, -0.2) is 0 Å². The number of hydrogen-bond donors (Lipinski definition) is 0. The summed E-state index contributed by atoms with van der Waals surface area (Å²) in [7, 11) is 0. The smallest absolute Gasteiger partial charge is 0.139 e. The summed E-state index contributed by atoms with van der Waals surface area (Å²) in [6.45, 7) is -3.60. The van der Waals surface area contributed by atoms with Crippen LogP contribution in [0.25, 0.3) is 55.3 Å². The molecule has 8 aromatic carbocycles. The molecule has 2 nitrogen and oxygen atoms in total. The molecule has 2 heteroatoms. The minimum atomic E-state index is -3.60. The lowest BCUT2D eigenvalue weighted by Crippen LogP contribution is -2.22. The third-order valence-corrected chi connectivity index (χ3v) is 9.49. The Hall–Kier alpha value is -6.64. The van der Waals surface area contributed by atoms with Gasteiger partial charge in [0.25, 0.3) is 0 Å². The predicted molar refractivity (Wildman–Crippen MR) is 217 cm³/mol. The molecule has 0 bridgehead atoms. The second-order valence-corrected chi connectivity index (χ2v) is 12.4. The van der Waals surface area contributed by atoms with Crippen molar-refractivity contribution in [2.75, 3.05) is 4.90 Å². The van der Waals surface area contributed by atoms with Crippen LogP contribution < -0.4 is 4.90 Å². The van der Waals surface area contributed by atoms with Gasteiger partial charge in [-0.15, -0.1) is 0 Å². The van der Waals surface area contributed by atoms with E-state index in [9.17, 15) is 15.1 Å². The van der Waals surface area contributed by atoms with Crippen LogP contribution in [0.1, 0.15) is 46.8 Å². The van der Waals surface area contributed by atoms with E-state index >= 15 is 0 Å².